The predicted molar refractivity (Wildman–Crippen MR) is 111 cm³/mol. The van der Waals surface area contributed by atoms with E-state index in [4.69, 9.17) is 4.74 Å². The van der Waals surface area contributed by atoms with Gasteiger partial charge in [-0.05, 0) is 54.3 Å². The van der Waals surface area contributed by atoms with Crippen LogP contribution in [0, 0.1) is 11.3 Å². The first kappa shape index (κ1) is 17.7. The van der Waals surface area contributed by atoms with Crippen molar-refractivity contribution in [2.75, 3.05) is 22.8 Å². The van der Waals surface area contributed by atoms with E-state index >= 15 is 0 Å². The maximum Gasteiger partial charge on any atom is 0.192 e. The largest absolute Gasteiger partial charge is 0.489 e. The molecule has 0 amide bonds. The van der Waals surface area contributed by atoms with Crippen LogP contribution in [0.5, 0.6) is 5.75 Å². The molecular weight excluding hydrogens is 376 g/mol. The Kier molecular flexibility index (Phi) is 5.19. The van der Waals surface area contributed by atoms with Gasteiger partial charge in [-0.2, -0.15) is 5.26 Å². The number of thiazole rings is 1. The summed E-state index contributed by atoms with van der Waals surface area (Å²) in [5, 5.41) is 12.4. The molecule has 7 heteroatoms. The topological polar surface area (TPSA) is 61.2 Å². The Labute approximate surface area is 166 Å². The minimum Gasteiger partial charge on any atom is -0.489 e. The van der Waals surface area contributed by atoms with E-state index < -0.39 is 0 Å². The summed E-state index contributed by atoms with van der Waals surface area (Å²) in [7, 11) is 0. The average Bonchev–Trinajstić information content (AvgIpc) is 3.25. The van der Waals surface area contributed by atoms with Crippen LogP contribution in [0.15, 0.2) is 52.9 Å². The lowest BCUT2D eigenvalue weighted by Gasteiger charge is -2.32. The molecule has 1 N–H and O–H groups in total. The Balaban J connectivity index is 1.61. The van der Waals surface area contributed by atoms with Gasteiger partial charge in [0.2, 0.25) is 0 Å². The Morgan fingerprint density at radius 3 is 2.96 bits per heavy atom. The molecule has 136 valence electrons. The molecule has 0 fully saturated rings. The summed E-state index contributed by atoms with van der Waals surface area (Å²) in [4.78, 5) is 7.44. The van der Waals surface area contributed by atoms with Crippen LogP contribution in [-0.4, -0.2) is 18.1 Å². The number of ether oxygens (including phenoxy) is 1. The van der Waals surface area contributed by atoms with Crippen LogP contribution < -0.4 is 14.4 Å². The molecule has 1 aromatic heterocycles. The zero-order valence-electron chi connectivity index (χ0n) is 14.8. The average molecular weight is 395 g/mol. The van der Waals surface area contributed by atoms with Crippen molar-refractivity contribution in [1.82, 2.24) is 4.98 Å². The van der Waals surface area contributed by atoms with Crippen LogP contribution in [0.2, 0.25) is 0 Å². The quantitative estimate of drug-likeness (QED) is 0.598. The lowest BCUT2D eigenvalue weighted by molar-refractivity contribution is 0.313. The number of hydrogen-bond donors (Lipinski definition) is 1. The smallest absolute Gasteiger partial charge is 0.192 e. The minimum absolute atomic E-state index is 0.585. The molecule has 0 bridgehead atoms. The highest BCUT2D eigenvalue weighted by Crippen LogP contribution is 2.40. The van der Waals surface area contributed by atoms with Crippen LogP contribution in [0.1, 0.15) is 18.1 Å². The standard InChI is InChI=1S/C20H18N4OS2/c1-2-14-3-5-17(15(11-14)13-21)24-8-9-25-19-12-16(4-6-18(19)24)27-23-20-22-7-10-26-20/h3-7,10-12H,2,8-9H2,1H3,(H,22,23). The summed E-state index contributed by atoms with van der Waals surface area (Å²) in [6, 6.07) is 14.6. The molecule has 1 aliphatic rings. The molecule has 4 rings (SSSR count). The van der Waals surface area contributed by atoms with E-state index in [-0.39, 0.29) is 0 Å². The number of nitrogens with one attached hydrogen (secondary N) is 1. The molecule has 1 aliphatic heterocycles. The monoisotopic (exact) mass is 394 g/mol. The molecule has 0 unspecified atom stereocenters. The molecule has 0 saturated carbocycles. The van der Waals surface area contributed by atoms with Crippen molar-refractivity contribution >= 4 is 39.8 Å². The summed E-state index contributed by atoms with van der Waals surface area (Å²) in [5.41, 5.74) is 3.79. The molecule has 0 spiro atoms. The number of benzene rings is 2. The van der Waals surface area contributed by atoms with Gasteiger partial charge < -0.3 is 14.4 Å². The van der Waals surface area contributed by atoms with E-state index in [1.807, 2.05) is 23.6 Å². The summed E-state index contributed by atoms with van der Waals surface area (Å²) < 4.78 is 9.13. The summed E-state index contributed by atoms with van der Waals surface area (Å²) in [6.45, 7) is 3.40. The summed E-state index contributed by atoms with van der Waals surface area (Å²) in [5.74, 6) is 0.829. The van der Waals surface area contributed by atoms with E-state index in [1.54, 1.807) is 17.5 Å². The van der Waals surface area contributed by atoms with Gasteiger partial charge in [-0.15, -0.1) is 11.3 Å². The van der Waals surface area contributed by atoms with Gasteiger partial charge in [0.05, 0.1) is 23.5 Å². The van der Waals surface area contributed by atoms with Crippen molar-refractivity contribution in [3.05, 3.63) is 59.1 Å². The van der Waals surface area contributed by atoms with Gasteiger partial charge in [-0.3, -0.25) is 0 Å². The van der Waals surface area contributed by atoms with Gasteiger partial charge in [-0.25, -0.2) is 4.98 Å². The number of fused-ring (bicyclic) bond motifs is 1. The van der Waals surface area contributed by atoms with Crippen molar-refractivity contribution in [3.63, 3.8) is 0 Å². The lowest BCUT2D eigenvalue weighted by Crippen LogP contribution is -2.29. The summed E-state index contributed by atoms with van der Waals surface area (Å²) >= 11 is 3.07. The molecule has 0 aliphatic carbocycles. The molecule has 0 radical (unpaired) electrons. The molecule has 0 atom stereocenters. The van der Waals surface area contributed by atoms with Crippen LogP contribution in [0.3, 0.4) is 0 Å². The lowest BCUT2D eigenvalue weighted by atomic mass is 10.1. The van der Waals surface area contributed by atoms with Crippen molar-refractivity contribution in [3.8, 4) is 11.8 Å². The zero-order chi connectivity index (χ0) is 18.6. The molecule has 5 nitrogen and oxygen atoms in total. The van der Waals surface area contributed by atoms with Gasteiger partial charge in [0, 0.05) is 16.5 Å². The van der Waals surface area contributed by atoms with E-state index in [1.165, 1.54) is 17.5 Å². The van der Waals surface area contributed by atoms with Crippen molar-refractivity contribution in [2.45, 2.75) is 18.2 Å². The third-order valence-corrected chi connectivity index (χ3v) is 5.97. The second-order valence-electron chi connectivity index (χ2n) is 5.99. The highest BCUT2D eigenvalue weighted by Gasteiger charge is 2.22. The minimum atomic E-state index is 0.585. The Hall–Kier alpha value is -2.69. The van der Waals surface area contributed by atoms with Gasteiger partial charge in [-0.1, -0.05) is 13.0 Å². The normalized spacial score (nSPS) is 12.8. The van der Waals surface area contributed by atoms with E-state index in [0.29, 0.717) is 12.2 Å². The molecular formula is C20H18N4OS2. The van der Waals surface area contributed by atoms with E-state index in [0.717, 1.165) is 40.1 Å². The fraction of sp³-hybridized carbons (Fsp3) is 0.200. The van der Waals surface area contributed by atoms with E-state index in [9.17, 15) is 5.26 Å². The van der Waals surface area contributed by atoms with Crippen molar-refractivity contribution < 1.29 is 4.74 Å². The third kappa shape index (κ3) is 3.72. The fourth-order valence-electron chi connectivity index (χ4n) is 3.02. The van der Waals surface area contributed by atoms with Gasteiger partial charge >= 0.3 is 0 Å². The van der Waals surface area contributed by atoms with Crippen molar-refractivity contribution in [1.29, 1.82) is 5.26 Å². The van der Waals surface area contributed by atoms with Crippen molar-refractivity contribution in [2.24, 2.45) is 0 Å². The number of hydrogen-bond acceptors (Lipinski definition) is 7. The first-order chi connectivity index (χ1) is 13.3. The second kappa shape index (κ2) is 7.91. The van der Waals surface area contributed by atoms with Gasteiger partial charge in [0.15, 0.2) is 5.13 Å². The maximum absolute atomic E-state index is 9.60. The maximum atomic E-state index is 9.60. The van der Waals surface area contributed by atoms with Crippen LogP contribution in [-0.2, 0) is 6.42 Å². The fourth-order valence-corrected chi connectivity index (χ4v) is 4.27. The van der Waals surface area contributed by atoms with Gasteiger partial charge in [0.25, 0.3) is 0 Å². The SMILES string of the molecule is CCc1ccc(N2CCOc3cc(SNc4nccs4)ccc32)c(C#N)c1. The Bertz CT molecular complexity index is 982. The predicted octanol–water partition coefficient (Wildman–Crippen LogP) is 5.23. The van der Waals surface area contributed by atoms with Crippen LogP contribution >= 0.6 is 23.3 Å². The van der Waals surface area contributed by atoms with Crippen LogP contribution in [0.4, 0.5) is 16.5 Å². The van der Waals surface area contributed by atoms with E-state index in [2.05, 4.69) is 45.8 Å². The molecule has 3 aromatic rings. The Morgan fingerprint density at radius 2 is 2.19 bits per heavy atom. The number of rotatable bonds is 5. The van der Waals surface area contributed by atoms with Gasteiger partial charge in [0.1, 0.15) is 18.4 Å². The second-order valence-corrected chi connectivity index (χ2v) is 7.76. The molecule has 0 saturated heterocycles. The number of aryl methyl sites for hydroxylation is 1. The number of aromatic nitrogens is 1. The Morgan fingerprint density at radius 1 is 1.30 bits per heavy atom. The summed E-state index contributed by atoms with van der Waals surface area (Å²) in [6.07, 6.45) is 2.69. The highest BCUT2D eigenvalue weighted by atomic mass is 32.2. The number of nitriles is 1. The first-order valence-electron chi connectivity index (χ1n) is 8.68. The highest BCUT2D eigenvalue weighted by molar-refractivity contribution is 8.00. The zero-order valence-corrected chi connectivity index (χ0v) is 16.4. The first-order valence-corrected chi connectivity index (χ1v) is 10.4. The number of anilines is 3. The number of nitrogens with zero attached hydrogens (tertiary/aromatic N) is 3. The molecule has 2 heterocycles. The molecule has 2 aromatic carbocycles. The van der Waals surface area contributed by atoms with Crippen LogP contribution in [0.25, 0.3) is 0 Å². The third-order valence-electron chi connectivity index (χ3n) is 4.36. The molecule has 27 heavy (non-hydrogen) atoms.